The van der Waals surface area contributed by atoms with Crippen LogP contribution in [0.3, 0.4) is 0 Å². The molecular formula is C32H47ClO4. The molecule has 0 heterocycles. The lowest BCUT2D eigenvalue weighted by Gasteiger charge is -2.53. The number of rotatable bonds is 12. The number of ether oxygens (including phenoxy) is 2. The van der Waals surface area contributed by atoms with Crippen molar-refractivity contribution >= 4 is 23.5 Å². The average Bonchev–Trinajstić information content (AvgIpc) is 3.20. The van der Waals surface area contributed by atoms with Gasteiger partial charge in [-0.25, -0.2) is 0 Å². The molecular weight excluding hydrogens is 484 g/mol. The second-order valence-corrected chi connectivity index (χ2v) is 12.5. The van der Waals surface area contributed by atoms with Gasteiger partial charge in [0.1, 0.15) is 11.9 Å². The zero-order valence-electron chi connectivity index (χ0n) is 23.2. The number of esters is 2. The first-order valence-corrected chi connectivity index (χ1v) is 15.5. The molecule has 5 heteroatoms. The van der Waals surface area contributed by atoms with Crippen LogP contribution in [0.5, 0.6) is 5.75 Å². The molecule has 1 aromatic carbocycles. The first-order valence-electron chi connectivity index (χ1n) is 14.9. The van der Waals surface area contributed by atoms with Gasteiger partial charge < -0.3 is 9.47 Å². The number of hydrogen-bond acceptors (Lipinski definition) is 4. The summed E-state index contributed by atoms with van der Waals surface area (Å²) in [4.78, 5) is 23.8. The number of hydrogen-bond donors (Lipinski definition) is 0. The third kappa shape index (κ3) is 6.54. The number of carbonyl (C=O) groups excluding carboxylic acids is 2. The highest BCUT2D eigenvalue weighted by Gasteiger charge is 2.58. The molecule has 37 heavy (non-hydrogen) atoms. The van der Waals surface area contributed by atoms with Crippen LogP contribution in [-0.4, -0.2) is 23.9 Å². The molecule has 1 aromatic rings. The molecule has 3 aliphatic rings. The Morgan fingerprint density at radius 2 is 1.76 bits per heavy atom. The Morgan fingerprint density at radius 3 is 2.46 bits per heavy atom. The van der Waals surface area contributed by atoms with Gasteiger partial charge in [0.25, 0.3) is 0 Å². The summed E-state index contributed by atoms with van der Waals surface area (Å²) in [5, 5.41) is 0. The maximum absolute atomic E-state index is 11.9. The van der Waals surface area contributed by atoms with Crippen LogP contribution in [0.1, 0.15) is 121 Å². The van der Waals surface area contributed by atoms with E-state index in [0.29, 0.717) is 35.8 Å². The zero-order chi connectivity index (χ0) is 26.4. The van der Waals surface area contributed by atoms with Crippen LogP contribution in [0, 0.1) is 23.2 Å². The first-order chi connectivity index (χ1) is 17.9. The van der Waals surface area contributed by atoms with Gasteiger partial charge in [-0.1, -0.05) is 58.4 Å². The maximum Gasteiger partial charge on any atom is 0.310 e. The lowest BCUT2D eigenvalue weighted by atomic mass is 9.52. The summed E-state index contributed by atoms with van der Waals surface area (Å²) in [6.07, 6.45) is 16.1. The van der Waals surface area contributed by atoms with Crippen LogP contribution < -0.4 is 4.74 Å². The smallest absolute Gasteiger partial charge is 0.310 e. The summed E-state index contributed by atoms with van der Waals surface area (Å²) in [7, 11) is 0. The minimum Gasteiger partial charge on any atom is -0.462 e. The number of fused-ring (bicyclic) bond motifs is 5. The number of halogens is 1. The summed E-state index contributed by atoms with van der Waals surface area (Å²) in [5.74, 6) is 3.58. The summed E-state index contributed by atoms with van der Waals surface area (Å²) >= 11 is 5.82. The predicted octanol–water partition coefficient (Wildman–Crippen LogP) is 8.38. The maximum atomic E-state index is 11.9. The van der Waals surface area contributed by atoms with Crippen molar-refractivity contribution < 1.29 is 19.1 Å². The number of carbonyl (C=O) groups is 2. The van der Waals surface area contributed by atoms with Gasteiger partial charge in [-0.3, -0.25) is 9.59 Å². The Labute approximate surface area is 229 Å². The molecule has 0 spiro atoms. The van der Waals surface area contributed by atoms with Crippen LogP contribution in [0.4, 0.5) is 0 Å². The fourth-order valence-corrected chi connectivity index (χ4v) is 8.24. The Balaban J connectivity index is 1.50. The van der Waals surface area contributed by atoms with Crippen molar-refractivity contribution in [1.82, 2.24) is 0 Å². The lowest BCUT2D eigenvalue weighted by Crippen LogP contribution is -2.48. The molecule has 0 saturated heterocycles. The third-order valence-corrected chi connectivity index (χ3v) is 10.1. The fourth-order valence-electron chi connectivity index (χ4n) is 8.05. The molecule has 0 radical (unpaired) electrons. The molecule has 2 fully saturated rings. The zero-order valence-corrected chi connectivity index (χ0v) is 24.0. The van der Waals surface area contributed by atoms with Crippen molar-refractivity contribution in [3.8, 4) is 5.75 Å². The van der Waals surface area contributed by atoms with E-state index in [4.69, 9.17) is 21.1 Å². The largest absolute Gasteiger partial charge is 0.462 e. The lowest BCUT2D eigenvalue weighted by molar-refractivity contribution is -0.155. The molecule has 4 rings (SSSR count). The summed E-state index contributed by atoms with van der Waals surface area (Å²) in [5.41, 5.74) is 2.93. The van der Waals surface area contributed by atoms with Crippen LogP contribution in [0.2, 0.25) is 0 Å². The van der Waals surface area contributed by atoms with Gasteiger partial charge >= 0.3 is 11.9 Å². The van der Waals surface area contributed by atoms with Gasteiger partial charge in [0, 0.05) is 24.6 Å². The molecule has 3 aliphatic carbocycles. The monoisotopic (exact) mass is 530 g/mol. The Kier molecular flexibility index (Phi) is 10.00. The van der Waals surface area contributed by atoms with Gasteiger partial charge in [-0.2, -0.15) is 0 Å². The van der Waals surface area contributed by atoms with Crippen molar-refractivity contribution in [1.29, 1.82) is 0 Å². The van der Waals surface area contributed by atoms with Crippen LogP contribution >= 0.6 is 11.6 Å². The highest BCUT2D eigenvalue weighted by molar-refractivity contribution is 6.17. The molecule has 0 unspecified atom stereocenters. The summed E-state index contributed by atoms with van der Waals surface area (Å²) in [6.45, 7) is 5.79. The van der Waals surface area contributed by atoms with Crippen molar-refractivity contribution in [2.45, 2.75) is 123 Å². The van der Waals surface area contributed by atoms with E-state index in [1.807, 2.05) is 13.0 Å². The number of benzene rings is 1. The van der Waals surface area contributed by atoms with Crippen molar-refractivity contribution in [3.63, 3.8) is 0 Å². The molecule has 2 saturated carbocycles. The number of alkyl halides is 1. The second-order valence-electron chi connectivity index (χ2n) is 12.1. The fraction of sp³-hybridized carbons (Fsp3) is 0.750. The molecule has 0 amide bonds. The molecule has 6 atom stereocenters. The average molecular weight is 531 g/mol. The molecule has 0 N–H and O–H groups in total. The van der Waals surface area contributed by atoms with E-state index in [9.17, 15) is 9.59 Å². The van der Waals surface area contributed by atoms with E-state index in [2.05, 4.69) is 19.1 Å². The van der Waals surface area contributed by atoms with Crippen LogP contribution in [0.15, 0.2) is 18.2 Å². The predicted molar refractivity (Wildman–Crippen MR) is 149 cm³/mol. The molecule has 0 aromatic heterocycles. The standard InChI is InChI=1S/C32H47ClO4/c1-4-30(35)37-25-13-14-26-24(21-25)20-23(12-10-8-6-5-7-9-11-19-33)31-27(26)17-18-32(3)28(31)15-16-29(32)36-22(2)34/h13-14,21,23,27-29,31H,4-12,15-20H2,1-3H3/t23-,27-,28+,29+,31-,32+/m1/s1. The molecule has 0 aliphatic heterocycles. The van der Waals surface area contributed by atoms with Crippen molar-refractivity contribution in [2.24, 2.45) is 23.2 Å². The van der Waals surface area contributed by atoms with E-state index in [1.165, 1.54) is 56.1 Å². The SMILES string of the molecule is CCC(=O)Oc1ccc2c(c1)C[C@@H](CCCCCCCCCCl)[C@@H]1[C@@H]2CC[C@]2(C)[C@@H](OC(C)=O)CC[C@@H]12. The first kappa shape index (κ1) is 28.5. The Hall–Kier alpha value is -1.55. The highest BCUT2D eigenvalue weighted by Crippen LogP contribution is 2.63. The molecule has 4 nitrogen and oxygen atoms in total. The van der Waals surface area contributed by atoms with Gasteiger partial charge in [0.2, 0.25) is 0 Å². The van der Waals surface area contributed by atoms with Gasteiger partial charge in [0.05, 0.1) is 0 Å². The van der Waals surface area contributed by atoms with E-state index >= 15 is 0 Å². The highest BCUT2D eigenvalue weighted by atomic mass is 35.5. The van der Waals surface area contributed by atoms with Crippen molar-refractivity contribution in [2.75, 3.05) is 5.88 Å². The summed E-state index contributed by atoms with van der Waals surface area (Å²) in [6, 6.07) is 6.38. The normalized spacial score (nSPS) is 30.2. The topological polar surface area (TPSA) is 52.6 Å². The number of unbranched alkanes of at least 4 members (excludes halogenated alkanes) is 6. The van der Waals surface area contributed by atoms with Gasteiger partial charge in [-0.15, -0.1) is 11.6 Å². The second kappa shape index (κ2) is 13.0. The molecule has 206 valence electrons. The van der Waals surface area contributed by atoms with Gasteiger partial charge in [-0.05, 0) is 91.9 Å². The van der Waals surface area contributed by atoms with Crippen molar-refractivity contribution in [3.05, 3.63) is 29.3 Å². The Bertz CT molecular complexity index is 929. The van der Waals surface area contributed by atoms with E-state index in [0.717, 1.165) is 44.4 Å². The minimum atomic E-state index is -0.174. The van der Waals surface area contributed by atoms with Gasteiger partial charge in [0.15, 0.2) is 0 Å². The third-order valence-electron chi connectivity index (χ3n) is 9.82. The Morgan fingerprint density at radius 1 is 1.03 bits per heavy atom. The van der Waals surface area contributed by atoms with E-state index in [-0.39, 0.29) is 23.5 Å². The van der Waals surface area contributed by atoms with E-state index < -0.39 is 0 Å². The van der Waals surface area contributed by atoms with E-state index in [1.54, 1.807) is 6.92 Å². The molecule has 0 bridgehead atoms. The quantitative estimate of drug-likeness (QED) is 0.118. The van der Waals surface area contributed by atoms with Crippen LogP contribution in [0.25, 0.3) is 0 Å². The summed E-state index contributed by atoms with van der Waals surface area (Å²) < 4.78 is 11.5. The minimum absolute atomic E-state index is 0.0572. The van der Waals surface area contributed by atoms with Crippen LogP contribution in [-0.2, 0) is 20.7 Å².